The molecule has 1 amide bonds. The van der Waals surface area contributed by atoms with Crippen LogP contribution in [0.3, 0.4) is 0 Å². The summed E-state index contributed by atoms with van der Waals surface area (Å²) in [4.78, 5) is 21.2. The molecular formula is C18H17BrN6O2. The molecule has 8 nitrogen and oxygen atoms in total. The number of halogens is 1. The first kappa shape index (κ1) is 17.3. The van der Waals surface area contributed by atoms with Gasteiger partial charge in [-0.05, 0) is 41.4 Å². The standard InChI is InChI=1S/C18H17BrN6O2/c1-7-4-5-9(26)8(2)13(7)25-14-10(11(16(25)20)17(21)27)15(19)23-18-12(14)22-6-24(18)3/h4-6,26H,20H2,1-3H3,(H2,21,27). The lowest BCUT2D eigenvalue weighted by atomic mass is 10.1. The molecule has 4 rings (SSSR count). The lowest BCUT2D eigenvalue weighted by Gasteiger charge is -2.16. The van der Waals surface area contributed by atoms with Gasteiger partial charge in [0.15, 0.2) is 5.65 Å². The van der Waals surface area contributed by atoms with Crippen molar-refractivity contribution < 1.29 is 9.90 Å². The van der Waals surface area contributed by atoms with Crippen molar-refractivity contribution >= 4 is 49.7 Å². The van der Waals surface area contributed by atoms with Crippen LogP contribution in [-0.4, -0.2) is 30.1 Å². The quantitative estimate of drug-likeness (QED) is 0.423. The fourth-order valence-electron chi connectivity index (χ4n) is 3.54. The van der Waals surface area contributed by atoms with Gasteiger partial charge in [0, 0.05) is 12.6 Å². The summed E-state index contributed by atoms with van der Waals surface area (Å²) in [6.07, 6.45) is 1.64. The Labute approximate surface area is 162 Å². The third kappa shape index (κ3) is 2.24. The Balaban J connectivity index is 2.34. The molecule has 3 heterocycles. The maximum atomic E-state index is 12.2. The van der Waals surface area contributed by atoms with Gasteiger partial charge < -0.3 is 21.1 Å². The molecule has 4 aromatic rings. The number of nitrogen functional groups attached to an aromatic ring is 1. The molecule has 27 heavy (non-hydrogen) atoms. The highest BCUT2D eigenvalue weighted by Crippen LogP contribution is 2.41. The van der Waals surface area contributed by atoms with E-state index < -0.39 is 5.91 Å². The number of carbonyl (C=O) groups is 1. The Hall–Kier alpha value is -3.07. The predicted octanol–water partition coefficient (Wildman–Crippen LogP) is 2.68. The van der Waals surface area contributed by atoms with E-state index in [2.05, 4.69) is 25.9 Å². The number of nitrogens with two attached hydrogens (primary N) is 2. The van der Waals surface area contributed by atoms with Crippen LogP contribution in [0.4, 0.5) is 5.82 Å². The van der Waals surface area contributed by atoms with E-state index in [1.54, 1.807) is 34.5 Å². The molecule has 0 spiro atoms. The molecule has 0 bridgehead atoms. The van der Waals surface area contributed by atoms with Crippen LogP contribution < -0.4 is 11.5 Å². The number of phenolic OH excluding ortho intramolecular Hbond substituents is 1. The summed E-state index contributed by atoms with van der Waals surface area (Å²) in [6, 6.07) is 3.41. The molecule has 1 aromatic carbocycles. The molecule has 0 saturated carbocycles. The van der Waals surface area contributed by atoms with E-state index in [4.69, 9.17) is 11.5 Å². The van der Waals surface area contributed by atoms with Crippen LogP contribution in [0.15, 0.2) is 23.1 Å². The Morgan fingerprint density at radius 2 is 2.00 bits per heavy atom. The summed E-state index contributed by atoms with van der Waals surface area (Å²) in [6.45, 7) is 3.70. The third-order valence-corrected chi connectivity index (χ3v) is 5.40. The minimum Gasteiger partial charge on any atom is -0.508 e. The smallest absolute Gasteiger partial charge is 0.253 e. The first-order chi connectivity index (χ1) is 12.7. The van der Waals surface area contributed by atoms with E-state index in [1.807, 2.05) is 14.0 Å². The second kappa shape index (κ2) is 5.71. The molecule has 0 aliphatic heterocycles. The normalized spacial score (nSPS) is 11.6. The molecule has 3 aromatic heterocycles. The molecule has 5 N–H and O–H groups in total. The van der Waals surface area contributed by atoms with Crippen LogP contribution in [0.1, 0.15) is 21.5 Å². The molecule has 0 atom stereocenters. The monoisotopic (exact) mass is 428 g/mol. The topological polar surface area (TPSA) is 125 Å². The first-order valence-corrected chi connectivity index (χ1v) is 8.93. The summed E-state index contributed by atoms with van der Waals surface area (Å²) < 4.78 is 3.95. The zero-order chi connectivity index (χ0) is 19.6. The number of benzene rings is 1. The molecule has 0 aliphatic rings. The average Bonchev–Trinajstić information content (AvgIpc) is 3.11. The summed E-state index contributed by atoms with van der Waals surface area (Å²) in [5, 5.41) is 10.7. The molecule has 0 saturated heterocycles. The predicted molar refractivity (Wildman–Crippen MR) is 107 cm³/mol. The van der Waals surface area contributed by atoms with E-state index in [-0.39, 0.29) is 17.1 Å². The van der Waals surface area contributed by atoms with Crippen LogP contribution in [0.25, 0.3) is 27.8 Å². The summed E-state index contributed by atoms with van der Waals surface area (Å²) in [5.74, 6) is -0.359. The highest BCUT2D eigenvalue weighted by molar-refractivity contribution is 9.10. The van der Waals surface area contributed by atoms with Crippen molar-refractivity contribution in [3.63, 3.8) is 0 Å². The Morgan fingerprint density at radius 1 is 1.30 bits per heavy atom. The van der Waals surface area contributed by atoms with Crippen molar-refractivity contribution in [1.29, 1.82) is 0 Å². The number of primary amides is 1. The average molecular weight is 429 g/mol. The number of nitrogens with zero attached hydrogens (tertiary/aromatic N) is 4. The fourth-order valence-corrected chi connectivity index (χ4v) is 4.09. The van der Waals surface area contributed by atoms with Crippen molar-refractivity contribution in [2.75, 3.05) is 5.73 Å². The summed E-state index contributed by atoms with van der Waals surface area (Å²) in [5.41, 5.74) is 16.2. The van der Waals surface area contributed by atoms with Crippen molar-refractivity contribution in [3.05, 3.63) is 39.8 Å². The van der Waals surface area contributed by atoms with Gasteiger partial charge in [0.1, 0.15) is 21.7 Å². The van der Waals surface area contributed by atoms with Gasteiger partial charge in [-0.1, -0.05) is 6.07 Å². The van der Waals surface area contributed by atoms with Crippen molar-refractivity contribution in [2.45, 2.75) is 13.8 Å². The van der Waals surface area contributed by atoms with Gasteiger partial charge in [0.05, 0.1) is 28.5 Å². The summed E-state index contributed by atoms with van der Waals surface area (Å²) >= 11 is 3.45. The molecule has 0 unspecified atom stereocenters. The van der Waals surface area contributed by atoms with Gasteiger partial charge in [-0.3, -0.25) is 9.36 Å². The number of aryl methyl sites for hydroxylation is 2. The number of aromatic nitrogens is 4. The molecule has 138 valence electrons. The second-order valence-electron chi connectivity index (χ2n) is 6.49. The van der Waals surface area contributed by atoms with Crippen molar-refractivity contribution in [1.82, 2.24) is 19.1 Å². The van der Waals surface area contributed by atoms with Crippen LogP contribution in [-0.2, 0) is 7.05 Å². The van der Waals surface area contributed by atoms with E-state index in [0.29, 0.717) is 37.9 Å². The molecule has 0 radical (unpaired) electrons. The first-order valence-electron chi connectivity index (χ1n) is 8.13. The van der Waals surface area contributed by atoms with Crippen molar-refractivity contribution in [2.24, 2.45) is 12.8 Å². The van der Waals surface area contributed by atoms with Gasteiger partial charge in [0.25, 0.3) is 5.91 Å². The second-order valence-corrected chi connectivity index (χ2v) is 7.24. The molecule has 9 heteroatoms. The minimum absolute atomic E-state index is 0.128. The van der Waals surface area contributed by atoms with E-state index >= 15 is 0 Å². The SMILES string of the molecule is Cc1ccc(O)c(C)c1-n1c(N)c(C(N)=O)c2c(Br)nc3c(ncn3C)c21. The van der Waals surface area contributed by atoms with Crippen molar-refractivity contribution in [3.8, 4) is 11.4 Å². The molecule has 0 fully saturated rings. The lowest BCUT2D eigenvalue weighted by molar-refractivity contribution is 0.100. The minimum atomic E-state index is -0.663. The zero-order valence-electron chi connectivity index (χ0n) is 14.9. The van der Waals surface area contributed by atoms with E-state index in [1.165, 1.54) is 0 Å². The number of anilines is 1. The van der Waals surface area contributed by atoms with Gasteiger partial charge >= 0.3 is 0 Å². The number of aromatic hydroxyl groups is 1. The van der Waals surface area contributed by atoms with Gasteiger partial charge in [-0.2, -0.15) is 0 Å². The number of rotatable bonds is 2. The fraction of sp³-hybridized carbons (Fsp3) is 0.167. The van der Waals surface area contributed by atoms with Gasteiger partial charge in [0.2, 0.25) is 0 Å². The van der Waals surface area contributed by atoms with Gasteiger partial charge in [-0.25, -0.2) is 9.97 Å². The number of hydrogen-bond acceptors (Lipinski definition) is 5. The largest absolute Gasteiger partial charge is 0.508 e. The number of amides is 1. The Bertz CT molecular complexity index is 1270. The number of hydrogen-bond donors (Lipinski definition) is 3. The Morgan fingerprint density at radius 3 is 2.67 bits per heavy atom. The number of fused-ring (bicyclic) bond motifs is 3. The third-order valence-electron chi connectivity index (χ3n) is 4.82. The van der Waals surface area contributed by atoms with Crippen LogP contribution in [0.5, 0.6) is 5.75 Å². The number of pyridine rings is 1. The number of imidazole rings is 1. The maximum Gasteiger partial charge on any atom is 0.253 e. The Kier molecular flexibility index (Phi) is 3.67. The van der Waals surface area contributed by atoms with Crippen LogP contribution in [0.2, 0.25) is 0 Å². The number of phenols is 1. The van der Waals surface area contributed by atoms with E-state index in [0.717, 1.165) is 5.56 Å². The van der Waals surface area contributed by atoms with Crippen LogP contribution in [0, 0.1) is 13.8 Å². The van der Waals surface area contributed by atoms with Crippen LogP contribution >= 0.6 is 15.9 Å². The summed E-state index contributed by atoms with van der Waals surface area (Å²) in [7, 11) is 1.83. The highest BCUT2D eigenvalue weighted by atomic mass is 79.9. The van der Waals surface area contributed by atoms with Gasteiger partial charge in [-0.15, -0.1) is 0 Å². The maximum absolute atomic E-state index is 12.2. The molecule has 0 aliphatic carbocycles. The van der Waals surface area contributed by atoms with E-state index in [9.17, 15) is 9.90 Å². The lowest BCUT2D eigenvalue weighted by Crippen LogP contribution is -2.14. The zero-order valence-corrected chi connectivity index (χ0v) is 16.5. The molecular weight excluding hydrogens is 412 g/mol. The highest BCUT2D eigenvalue weighted by Gasteiger charge is 2.27. The number of carbonyl (C=O) groups excluding carboxylic acids is 1.